The highest BCUT2D eigenvalue weighted by Gasteiger charge is 2.17. The zero-order valence-electron chi connectivity index (χ0n) is 12.4. The van der Waals surface area contributed by atoms with Crippen molar-refractivity contribution < 1.29 is 0 Å². The van der Waals surface area contributed by atoms with Crippen molar-refractivity contribution in [3.05, 3.63) is 40.4 Å². The van der Waals surface area contributed by atoms with Crippen molar-refractivity contribution in [2.45, 2.75) is 18.9 Å². The standard InChI is InChI=1S/C16H18Cl2N4/c1-22-8-2-3-12(10-22)19-16-7-6-15(20-21-16)13-5-4-11(17)9-14(13)18/h4-7,9,12H,2-3,8,10H2,1H3,(H,19,21)/t12-/m1/s1. The minimum atomic E-state index is 0.429. The van der Waals surface area contributed by atoms with Crippen LogP contribution in [0.1, 0.15) is 12.8 Å². The van der Waals surface area contributed by atoms with Crippen LogP contribution in [0, 0.1) is 0 Å². The lowest BCUT2D eigenvalue weighted by molar-refractivity contribution is 0.260. The molecular weight excluding hydrogens is 319 g/mol. The van der Waals surface area contributed by atoms with E-state index in [0.717, 1.165) is 36.6 Å². The van der Waals surface area contributed by atoms with Crippen molar-refractivity contribution in [1.82, 2.24) is 15.1 Å². The molecular formula is C16H18Cl2N4. The van der Waals surface area contributed by atoms with Gasteiger partial charge in [-0.3, -0.25) is 0 Å². The maximum Gasteiger partial charge on any atom is 0.148 e. The quantitative estimate of drug-likeness (QED) is 0.921. The number of benzene rings is 1. The van der Waals surface area contributed by atoms with Crippen LogP contribution in [-0.4, -0.2) is 41.3 Å². The third-order valence-corrected chi connectivity index (χ3v) is 4.40. The summed E-state index contributed by atoms with van der Waals surface area (Å²) in [6.45, 7) is 2.20. The largest absolute Gasteiger partial charge is 0.365 e. The molecule has 1 N–H and O–H groups in total. The van der Waals surface area contributed by atoms with Gasteiger partial charge in [0.05, 0.1) is 10.7 Å². The second-order valence-corrected chi connectivity index (χ2v) is 6.52. The first-order valence-corrected chi connectivity index (χ1v) is 8.11. The number of rotatable bonds is 3. The summed E-state index contributed by atoms with van der Waals surface area (Å²) in [7, 11) is 2.14. The Balaban J connectivity index is 1.72. The normalized spacial score (nSPS) is 19.1. The Morgan fingerprint density at radius 2 is 2.05 bits per heavy atom. The molecule has 4 nitrogen and oxygen atoms in total. The van der Waals surface area contributed by atoms with Crippen LogP contribution in [0.25, 0.3) is 11.3 Å². The monoisotopic (exact) mass is 336 g/mol. The van der Waals surface area contributed by atoms with Crippen LogP contribution < -0.4 is 5.32 Å². The zero-order chi connectivity index (χ0) is 15.5. The van der Waals surface area contributed by atoms with Gasteiger partial charge in [0.2, 0.25) is 0 Å². The first kappa shape index (κ1) is 15.5. The lowest BCUT2D eigenvalue weighted by Crippen LogP contribution is -2.39. The Morgan fingerprint density at radius 3 is 2.73 bits per heavy atom. The second-order valence-electron chi connectivity index (χ2n) is 5.67. The number of nitrogens with zero attached hydrogens (tertiary/aromatic N) is 3. The fourth-order valence-corrected chi connectivity index (χ4v) is 3.25. The van der Waals surface area contributed by atoms with E-state index < -0.39 is 0 Å². The summed E-state index contributed by atoms with van der Waals surface area (Å²) in [6, 6.07) is 9.67. The second kappa shape index (κ2) is 6.82. The predicted molar refractivity (Wildman–Crippen MR) is 91.6 cm³/mol. The Morgan fingerprint density at radius 1 is 1.18 bits per heavy atom. The molecule has 0 radical (unpaired) electrons. The summed E-state index contributed by atoms with van der Waals surface area (Å²) in [5, 5.41) is 13.2. The summed E-state index contributed by atoms with van der Waals surface area (Å²) in [6.07, 6.45) is 2.37. The smallest absolute Gasteiger partial charge is 0.148 e. The molecule has 116 valence electrons. The predicted octanol–water partition coefficient (Wildman–Crippen LogP) is 3.96. The fraction of sp³-hybridized carbons (Fsp3) is 0.375. The molecule has 1 aliphatic rings. The molecule has 3 rings (SSSR count). The molecule has 0 bridgehead atoms. The number of aromatic nitrogens is 2. The topological polar surface area (TPSA) is 41.0 Å². The summed E-state index contributed by atoms with van der Waals surface area (Å²) >= 11 is 12.1. The van der Waals surface area contributed by atoms with E-state index in [-0.39, 0.29) is 0 Å². The summed E-state index contributed by atoms with van der Waals surface area (Å²) < 4.78 is 0. The van der Waals surface area contributed by atoms with Crippen LogP contribution in [0.15, 0.2) is 30.3 Å². The molecule has 2 aromatic rings. The third kappa shape index (κ3) is 3.69. The van der Waals surface area contributed by atoms with Crippen LogP contribution in [0.4, 0.5) is 5.82 Å². The molecule has 0 amide bonds. The summed E-state index contributed by atoms with van der Waals surface area (Å²) in [5.41, 5.74) is 1.58. The SMILES string of the molecule is CN1CCC[C@@H](Nc2ccc(-c3ccc(Cl)cc3Cl)nn2)C1. The van der Waals surface area contributed by atoms with Gasteiger partial charge in [-0.15, -0.1) is 10.2 Å². The number of likely N-dealkylation sites (tertiary alicyclic amines) is 1. The molecule has 2 heterocycles. The Labute approximate surface area is 140 Å². The molecule has 0 aliphatic carbocycles. The average molecular weight is 337 g/mol. The van der Waals surface area contributed by atoms with Gasteiger partial charge in [-0.1, -0.05) is 23.2 Å². The number of anilines is 1. The van der Waals surface area contributed by atoms with Crippen LogP contribution in [0.5, 0.6) is 0 Å². The zero-order valence-corrected chi connectivity index (χ0v) is 13.9. The van der Waals surface area contributed by atoms with Crippen LogP contribution in [0.2, 0.25) is 10.0 Å². The van der Waals surface area contributed by atoms with Gasteiger partial charge in [0.25, 0.3) is 0 Å². The van der Waals surface area contributed by atoms with Crippen molar-refractivity contribution in [1.29, 1.82) is 0 Å². The molecule has 0 unspecified atom stereocenters. The highest BCUT2D eigenvalue weighted by Crippen LogP contribution is 2.29. The van der Waals surface area contributed by atoms with Crippen molar-refractivity contribution in [3.63, 3.8) is 0 Å². The average Bonchev–Trinajstić information content (AvgIpc) is 2.48. The molecule has 0 saturated carbocycles. The Hall–Kier alpha value is -1.36. The van der Waals surface area contributed by atoms with Gasteiger partial charge in [-0.05, 0) is 56.8 Å². The van der Waals surface area contributed by atoms with Crippen molar-refractivity contribution in [2.75, 3.05) is 25.5 Å². The molecule has 1 saturated heterocycles. The molecule has 6 heteroatoms. The van der Waals surface area contributed by atoms with Gasteiger partial charge >= 0.3 is 0 Å². The molecule has 1 atom stereocenters. The molecule has 1 aromatic carbocycles. The lowest BCUT2D eigenvalue weighted by atomic mass is 10.1. The number of hydrogen-bond donors (Lipinski definition) is 1. The fourth-order valence-electron chi connectivity index (χ4n) is 2.74. The van der Waals surface area contributed by atoms with Gasteiger partial charge in [0.15, 0.2) is 0 Å². The van der Waals surface area contributed by atoms with Crippen LogP contribution in [-0.2, 0) is 0 Å². The molecule has 1 aromatic heterocycles. The number of likely N-dealkylation sites (N-methyl/N-ethyl adjacent to an activating group) is 1. The molecule has 0 spiro atoms. The van der Waals surface area contributed by atoms with Crippen molar-refractivity contribution >= 4 is 29.0 Å². The molecule has 1 fully saturated rings. The minimum absolute atomic E-state index is 0.429. The van der Waals surface area contributed by atoms with E-state index in [1.165, 1.54) is 6.42 Å². The number of halogens is 2. The summed E-state index contributed by atoms with van der Waals surface area (Å²) in [5.74, 6) is 0.800. The van der Waals surface area contributed by atoms with Gasteiger partial charge in [-0.2, -0.15) is 0 Å². The minimum Gasteiger partial charge on any atom is -0.365 e. The van der Waals surface area contributed by atoms with Gasteiger partial charge in [0.1, 0.15) is 5.82 Å². The van der Waals surface area contributed by atoms with E-state index in [1.54, 1.807) is 12.1 Å². The summed E-state index contributed by atoms with van der Waals surface area (Å²) in [4.78, 5) is 2.33. The van der Waals surface area contributed by atoms with E-state index >= 15 is 0 Å². The van der Waals surface area contributed by atoms with E-state index in [0.29, 0.717) is 16.1 Å². The Bertz CT molecular complexity index is 645. The highest BCUT2D eigenvalue weighted by molar-refractivity contribution is 6.36. The first-order chi connectivity index (χ1) is 10.6. The lowest BCUT2D eigenvalue weighted by Gasteiger charge is -2.30. The van der Waals surface area contributed by atoms with E-state index in [1.807, 2.05) is 18.2 Å². The molecule has 22 heavy (non-hydrogen) atoms. The maximum absolute atomic E-state index is 6.20. The van der Waals surface area contributed by atoms with Crippen LogP contribution in [0.3, 0.4) is 0 Å². The molecule has 1 aliphatic heterocycles. The maximum atomic E-state index is 6.20. The Kier molecular flexibility index (Phi) is 4.81. The van der Waals surface area contributed by atoms with Crippen LogP contribution >= 0.6 is 23.2 Å². The number of piperidine rings is 1. The van der Waals surface area contributed by atoms with E-state index in [2.05, 4.69) is 27.5 Å². The van der Waals surface area contributed by atoms with Crippen molar-refractivity contribution in [2.24, 2.45) is 0 Å². The number of nitrogens with one attached hydrogen (secondary N) is 1. The first-order valence-electron chi connectivity index (χ1n) is 7.36. The number of hydrogen-bond acceptors (Lipinski definition) is 4. The van der Waals surface area contributed by atoms with E-state index in [9.17, 15) is 0 Å². The van der Waals surface area contributed by atoms with E-state index in [4.69, 9.17) is 23.2 Å². The van der Waals surface area contributed by atoms with Gasteiger partial charge in [-0.25, -0.2) is 0 Å². The van der Waals surface area contributed by atoms with Crippen molar-refractivity contribution in [3.8, 4) is 11.3 Å². The van der Waals surface area contributed by atoms with Gasteiger partial charge < -0.3 is 10.2 Å². The highest BCUT2D eigenvalue weighted by atomic mass is 35.5. The van der Waals surface area contributed by atoms with Gasteiger partial charge in [0, 0.05) is 23.2 Å². The third-order valence-electron chi connectivity index (χ3n) is 3.85.